The molecule has 152 valence electrons. The van der Waals surface area contributed by atoms with Gasteiger partial charge in [0.2, 0.25) is 6.08 Å². The lowest BCUT2D eigenvalue weighted by molar-refractivity contribution is 0.143. The van der Waals surface area contributed by atoms with Gasteiger partial charge >= 0.3 is 6.09 Å². The van der Waals surface area contributed by atoms with Gasteiger partial charge in [-0.3, -0.25) is 0 Å². The first-order valence-electron chi connectivity index (χ1n) is 10.0. The Morgan fingerprint density at radius 2 is 1.58 bits per heavy atom. The standard InChI is InChI=1S/C26H20N2O3/c29-18-28-25-15-6-1-9-19(25)10-7-8-16-27-26(30)31-17-24-22-13-4-2-11-20(22)21-12-3-5-14-23(21)24/h1-6,9,11-15,24H,8,16-17H2,(H,27,30). The van der Waals surface area contributed by atoms with Gasteiger partial charge in [0.25, 0.3) is 0 Å². The van der Waals surface area contributed by atoms with Gasteiger partial charge in [-0.05, 0) is 34.4 Å². The number of ether oxygens (including phenoxy) is 1. The Hall–Kier alpha value is -4.13. The van der Waals surface area contributed by atoms with E-state index in [4.69, 9.17) is 4.74 Å². The summed E-state index contributed by atoms with van der Waals surface area (Å²) in [6.07, 6.45) is 1.51. The van der Waals surface area contributed by atoms with Crippen molar-refractivity contribution in [1.82, 2.24) is 5.32 Å². The Morgan fingerprint density at radius 3 is 2.29 bits per heavy atom. The third-order valence-electron chi connectivity index (χ3n) is 5.16. The number of benzene rings is 3. The molecular formula is C26H20N2O3. The maximum absolute atomic E-state index is 12.2. The molecule has 0 bridgehead atoms. The molecule has 3 aromatic carbocycles. The van der Waals surface area contributed by atoms with E-state index < -0.39 is 6.09 Å². The number of fused-ring (bicyclic) bond motifs is 3. The average molecular weight is 408 g/mol. The molecule has 1 aliphatic carbocycles. The van der Waals surface area contributed by atoms with Crippen LogP contribution in [0.2, 0.25) is 0 Å². The number of carbonyl (C=O) groups excluding carboxylic acids is 2. The molecule has 0 saturated heterocycles. The molecule has 0 radical (unpaired) electrons. The van der Waals surface area contributed by atoms with Gasteiger partial charge in [0.1, 0.15) is 6.61 Å². The predicted molar refractivity (Wildman–Crippen MR) is 119 cm³/mol. The summed E-state index contributed by atoms with van der Waals surface area (Å²) in [5.74, 6) is 5.96. The fraction of sp³-hybridized carbons (Fsp3) is 0.154. The molecule has 1 amide bonds. The summed E-state index contributed by atoms with van der Waals surface area (Å²) in [5, 5.41) is 2.73. The Balaban J connectivity index is 1.30. The first-order valence-corrected chi connectivity index (χ1v) is 10.0. The molecule has 1 aliphatic rings. The number of para-hydroxylation sites is 1. The molecule has 0 spiro atoms. The van der Waals surface area contributed by atoms with E-state index in [1.165, 1.54) is 28.3 Å². The van der Waals surface area contributed by atoms with Crippen LogP contribution in [0.1, 0.15) is 29.0 Å². The second kappa shape index (κ2) is 9.58. The second-order valence-corrected chi connectivity index (χ2v) is 7.02. The zero-order valence-corrected chi connectivity index (χ0v) is 16.8. The molecule has 0 aliphatic heterocycles. The summed E-state index contributed by atoms with van der Waals surface area (Å²) in [7, 11) is 0. The number of amides is 1. The highest BCUT2D eigenvalue weighted by molar-refractivity contribution is 5.79. The minimum atomic E-state index is -0.463. The van der Waals surface area contributed by atoms with Crippen LogP contribution in [0.25, 0.3) is 11.1 Å². The summed E-state index contributed by atoms with van der Waals surface area (Å²) >= 11 is 0. The van der Waals surface area contributed by atoms with Gasteiger partial charge in [-0.15, -0.1) is 0 Å². The quantitative estimate of drug-likeness (QED) is 0.282. The van der Waals surface area contributed by atoms with Crippen molar-refractivity contribution in [3.63, 3.8) is 0 Å². The van der Waals surface area contributed by atoms with Crippen molar-refractivity contribution in [2.75, 3.05) is 13.2 Å². The normalized spacial score (nSPS) is 11.4. The summed E-state index contributed by atoms with van der Waals surface area (Å²) in [6.45, 7) is 0.644. The molecule has 0 aromatic heterocycles. The van der Waals surface area contributed by atoms with Crippen molar-refractivity contribution in [2.45, 2.75) is 12.3 Å². The van der Waals surface area contributed by atoms with Crippen LogP contribution in [0.3, 0.4) is 0 Å². The Kier molecular flexibility index (Phi) is 6.23. The van der Waals surface area contributed by atoms with E-state index in [2.05, 4.69) is 46.4 Å². The van der Waals surface area contributed by atoms with Crippen LogP contribution in [-0.4, -0.2) is 25.3 Å². The van der Waals surface area contributed by atoms with Gasteiger partial charge < -0.3 is 10.1 Å². The third-order valence-corrected chi connectivity index (χ3v) is 5.16. The molecule has 4 rings (SSSR count). The SMILES string of the molecule is O=C=Nc1ccccc1C#CCCNC(=O)OCC1c2ccccc2-c2ccccc21. The van der Waals surface area contributed by atoms with Crippen LogP contribution in [0.5, 0.6) is 0 Å². The predicted octanol–water partition coefficient (Wildman–Crippen LogP) is 4.93. The Morgan fingerprint density at radius 1 is 0.935 bits per heavy atom. The highest BCUT2D eigenvalue weighted by atomic mass is 16.5. The number of isocyanates is 1. The lowest BCUT2D eigenvalue weighted by Crippen LogP contribution is -2.26. The lowest BCUT2D eigenvalue weighted by Gasteiger charge is -2.14. The summed E-state index contributed by atoms with van der Waals surface area (Å²) in [4.78, 5) is 26.3. The average Bonchev–Trinajstić information content (AvgIpc) is 3.12. The molecular weight excluding hydrogens is 388 g/mol. The lowest BCUT2D eigenvalue weighted by atomic mass is 9.98. The third kappa shape index (κ3) is 4.56. The van der Waals surface area contributed by atoms with Gasteiger partial charge in [0.05, 0.1) is 11.3 Å². The zero-order chi connectivity index (χ0) is 21.5. The number of hydrogen-bond acceptors (Lipinski definition) is 4. The molecule has 0 heterocycles. The van der Waals surface area contributed by atoms with Crippen molar-refractivity contribution in [2.24, 2.45) is 4.99 Å². The smallest absolute Gasteiger partial charge is 0.407 e. The number of nitrogens with one attached hydrogen (secondary N) is 1. The van der Waals surface area contributed by atoms with Crippen molar-refractivity contribution >= 4 is 17.9 Å². The molecule has 0 fully saturated rings. The van der Waals surface area contributed by atoms with Crippen LogP contribution in [0.4, 0.5) is 10.5 Å². The fourth-order valence-corrected chi connectivity index (χ4v) is 3.76. The van der Waals surface area contributed by atoms with Crippen molar-refractivity contribution < 1.29 is 14.3 Å². The first-order chi connectivity index (χ1) is 15.3. The van der Waals surface area contributed by atoms with Crippen LogP contribution in [0.15, 0.2) is 77.8 Å². The van der Waals surface area contributed by atoms with Crippen LogP contribution in [-0.2, 0) is 9.53 Å². The van der Waals surface area contributed by atoms with E-state index in [0.717, 1.165) is 0 Å². The number of alkyl carbamates (subject to hydrolysis) is 1. The van der Waals surface area contributed by atoms with E-state index in [-0.39, 0.29) is 12.5 Å². The molecule has 5 heteroatoms. The van der Waals surface area contributed by atoms with Crippen molar-refractivity contribution in [1.29, 1.82) is 0 Å². The molecule has 0 unspecified atom stereocenters. The van der Waals surface area contributed by atoms with Gasteiger partial charge in [0, 0.05) is 18.9 Å². The Labute approximate surface area is 180 Å². The maximum Gasteiger partial charge on any atom is 0.407 e. The molecule has 0 saturated carbocycles. The van der Waals surface area contributed by atoms with Crippen LogP contribution < -0.4 is 5.32 Å². The molecule has 0 atom stereocenters. The van der Waals surface area contributed by atoms with E-state index in [1.54, 1.807) is 18.2 Å². The van der Waals surface area contributed by atoms with Gasteiger partial charge in [-0.2, -0.15) is 4.99 Å². The van der Waals surface area contributed by atoms with Crippen LogP contribution in [0, 0.1) is 11.8 Å². The van der Waals surface area contributed by atoms with E-state index in [9.17, 15) is 9.59 Å². The van der Waals surface area contributed by atoms with E-state index >= 15 is 0 Å². The van der Waals surface area contributed by atoms with E-state index in [0.29, 0.717) is 24.2 Å². The van der Waals surface area contributed by atoms with Gasteiger partial charge in [-0.1, -0.05) is 72.5 Å². The topological polar surface area (TPSA) is 67.8 Å². The highest BCUT2D eigenvalue weighted by Gasteiger charge is 2.28. The minimum absolute atomic E-state index is 0.0350. The number of hydrogen-bond donors (Lipinski definition) is 1. The second-order valence-electron chi connectivity index (χ2n) is 7.02. The monoisotopic (exact) mass is 408 g/mol. The maximum atomic E-state index is 12.2. The number of carbonyl (C=O) groups is 1. The fourth-order valence-electron chi connectivity index (χ4n) is 3.76. The molecule has 5 nitrogen and oxygen atoms in total. The number of rotatable bonds is 5. The summed E-state index contributed by atoms with van der Waals surface area (Å²) in [5.41, 5.74) is 5.88. The van der Waals surface area contributed by atoms with Crippen molar-refractivity contribution in [3.8, 4) is 23.0 Å². The number of aliphatic imine (C=N–C) groups is 1. The summed E-state index contributed by atoms with van der Waals surface area (Å²) < 4.78 is 5.50. The summed E-state index contributed by atoms with van der Waals surface area (Å²) in [6, 6.07) is 23.5. The van der Waals surface area contributed by atoms with Gasteiger partial charge in [0.15, 0.2) is 0 Å². The largest absolute Gasteiger partial charge is 0.449 e. The molecule has 3 aromatic rings. The highest BCUT2D eigenvalue weighted by Crippen LogP contribution is 2.44. The van der Waals surface area contributed by atoms with Gasteiger partial charge in [-0.25, -0.2) is 9.59 Å². The molecule has 1 N–H and O–H groups in total. The first kappa shape index (κ1) is 20.2. The number of nitrogens with zero attached hydrogens (tertiary/aromatic N) is 1. The van der Waals surface area contributed by atoms with Crippen molar-refractivity contribution in [3.05, 3.63) is 89.5 Å². The molecule has 31 heavy (non-hydrogen) atoms. The van der Waals surface area contributed by atoms with E-state index in [1.807, 2.05) is 30.3 Å². The zero-order valence-electron chi connectivity index (χ0n) is 16.8. The van der Waals surface area contributed by atoms with Crippen LogP contribution >= 0.6 is 0 Å². The Bertz CT molecular complexity index is 1170. The minimum Gasteiger partial charge on any atom is -0.449 e.